The van der Waals surface area contributed by atoms with E-state index in [-0.39, 0.29) is 30.6 Å². The third-order valence-corrected chi connectivity index (χ3v) is 6.66. The lowest BCUT2D eigenvalue weighted by Crippen LogP contribution is -2.47. The molecule has 3 heterocycles. The van der Waals surface area contributed by atoms with Crippen LogP contribution in [0.1, 0.15) is 37.9 Å². The second-order valence-electron chi connectivity index (χ2n) is 9.71. The van der Waals surface area contributed by atoms with Gasteiger partial charge in [-0.05, 0) is 38.1 Å². The molecule has 1 amide bonds. The quantitative estimate of drug-likeness (QED) is 0.579. The van der Waals surface area contributed by atoms with E-state index >= 15 is 0 Å². The predicted octanol–water partition coefficient (Wildman–Crippen LogP) is 2.48. The second-order valence-corrected chi connectivity index (χ2v) is 9.71. The summed E-state index contributed by atoms with van der Waals surface area (Å²) in [5.41, 5.74) is 2.96. The third kappa shape index (κ3) is 6.62. The van der Waals surface area contributed by atoms with Crippen LogP contribution in [0.3, 0.4) is 0 Å². The SMILES string of the molecule is C[C@H](CO)N1C[C@H](C)[C@@H](CN(C)Cc2ccc3cccnc3c2)OCc2cn(nn2)CCCC1=O. The smallest absolute Gasteiger partial charge is 0.222 e. The lowest BCUT2D eigenvalue weighted by molar-refractivity contribution is -0.136. The van der Waals surface area contributed by atoms with Crippen molar-refractivity contribution >= 4 is 16.8 Å². The number of pyridine rings is 1. The van der Waals surface area contributed by atoms with Gasteiger partial charge in [-0.3, -0.25) is 19.4 Å². The summed E-state index contributed by atoms with van der Waals surface area (Å²) >= 11 is 0. The number of aliphatic hydroxyl groups excluding tert-OH is 1. The lowest BCUT2D eigenvalue weighted by Gasteiger charge is -2.35. The van der Waals surface area contributed by atoms with Gasteiger partial charge in [-0.1, -0.05) is 30.3 Å². The molecule has 1 aliphatic heterocycles. The number of benzene rings is 1. The number of fused-ring (bicyclic) bond motifs is 3. The van der Waals surface area contributed by atoms with E-state index in [9.17, 15) is 9.90 Å². The molecule has 3 atom stereocenters. The fourth-order valence-electron chi connectivity index (χ4n) is 4.59. The number of carbonyl (C=O) groups is 1. The first-order valence-electron chi connectivity index (χ1n) is 12.4. The molecule has 1 aromatic carbocycles. The topological polar surface area (TPSA) is 96.6 Å². The van der Waals surface area contributed by atoms with E-state index in [1.165, 1.54) is 5.56 Å². The molecule has 0 unspecified atom stereocenters. The van der Waals surface area contributed by atoms with Crippen LogP contribution in [-0.4, -0.2) is 79.7 Å². The van der Waals surface area contributed by atoms with Crippen molar-refractivity contribution in [3.63, 3.8) is 0 Å². The Morgan fingerprint density at radius 3 is 3.00 bits per heavy atom. The van der Waals surface area contributed by atoms with Crippen LogP contribution in [0, 0.1) is 5.92 Å². The normalized spacial score (nSPS) is 20.9. The van der Waals surface area contributed by atoms with Gasteiger partial charge in [0.1, 0.15) is 5.69 Å². The molecule has 2 bridgehead atoms. The molecule has 3 aromatic rings. The minimum atomic E-state index is -0.240. The van der Waals surface area contributed by atoms with E-state index in [0.29, 0.717) is 39.1 Å². The largest absolute Gasteiger partial charge is 0.394 e. The van der Waals surface area contributed by atoms with Crippen LogP contribution in [0.15, 0.2) is 42.7 Å². The summed E-state index contributed by atoms with van der Waals surface area (Å²) in [4.78, 5) is 21.5. The van der Waals surface area contributed by atoms with Crippen molar-refractivity contribution < 1.29 is 14.6 Å². The fourth-order valence-corrected chi connectivity index (χ4v) is 4.59. The van der Waals surface area contributed by atoms with E-state index in [4.69, 9.17) is 4.74 Å². The zero-order valence-corrected chi connectivity index (χ0v) is 20.9. The van der Waals surface area contributed by atoms with E-state index in [1.807, 2.05) is 25.4 Å². The number of aromatic nitrogens is 4. The molecule has 1 aliphatic rings. The summed E-state index contributed by atoms with van der Waals surface area (Å²) in [6.07, 6.45) is 4.66. The zero-order valence-electron chi connectivity index (χ0n) is 20.9. The summed E-state index contributed by atoms with van der Waals surface area (Å²) in [5.74, 6) is 0.109. The highest BCUT2D eigenvalue weighted by atomic mass is 16.5. The highest BCUT2D eigenvalue weighted by Gasteiger charge is 2.28. The van der Waals surface area contributed by atoms with Gasteiger partial charge < -0.3 is 14.7 Å². The fraction of sp³-hybridized carbons (Fsp3) is 0.538. The Morgan fingerprint density at radius 1 is 1.31 bits per heavy atom. The molecule has 0 aliphatic carbocycles. The number of nitrogens with zero attached hydrogens (tertiary/aromatic N) is 6. The Morgan fingerprint density at radius 2 is 2.17 bits per heavy atom. The first kappa shape index (κ1) is 25.2. The van der Waals surface area contributed by atoms with E-state index in [0.717, 1.165) is 23.1 Å². The molecule has 35 heavy (non-hydrogen) atoms. The zero-order chi connectivity index (χ0) is 24.8. The third-order valence-electron chi connectivity index (χ3n) is 6.66. The number of hydrogen-bond donors (Lipinski definition) is 1. The molecule has 0 saturated carbocycles. The molecule has 188 valence electrons. The number of ether oxygens (including phenoxy) is 1. The molecule has 0 spiro atoms. The van der Waals surface area contributed by atoms with Crippen molar-refractivity contribution in [1.82, 2.24) is 29.8 Å². The molecule has 4 rings (SSSR count). The molecule has 2 aromatic heterocycles. The Bertz CT molecular complexity index is 1120. The van der Waals surface area contributed by atoms with E-state index in [1.54, 1.807) is 9.58 Å². The number of carbonyl (C=O) groups excluding carboxylic acids is 1. The summed E-state index contributed by atoms with van der Waals surface area (Å²) < 4.78 is 8.14. The average Bonchev–Trinajstić information content (AvgIpc) is 3.31. The highest BCUT2D eigenvalue weighted by molar-refractivity contribution is 5.78. The van der Waals surface area contributed by atoms with Crippen LogP contribution in [0.4, 0.5) is 0 Å². The number of aryl methyl sites for hydroxylation is 1. The van der Waals surface area contributed by atoms with Gasteiger partial charge in [-0.2, -0.15) is 0 Å². The molecule has 1 N–H and O–H groups in total. The highest BCUT2D eigenvalue weighted by Crippen LogP contribution is 2.19. The number of aliphatic hydroxyl groups is 1. The first-order chi connectivity index (χ1) is 16.9. The van der Waals surface area contributed by atoms with E-state index < -0.39 is 0 Å². The van der Waals surface area contributed by atoms with Crippen LogP contribution in [0.25, 0.3) is 10.9 Å². The van der Waals surface area contributed by atoms with Crippen LogP contribution < -0.4 is 0 Å². The summed E-state index contributed by atoms with van der Waals surface area (Å²) in [7, 11) is 2.08. The average molecular weight is 481 g/mol. The number of likely N-dealkylation sites (N-methyl/N-ethyl adjacent to an activating group) is 1. The predicted molar refractivity (Wildman–Crippen MR) is 133 cm³/mol. The first-order valence-corrected chi connectivity index (χ1v) is 12.4. The number of amides is 1. The van der Waals surface area contributed by atoms with Crippen molar-refractivity contribution in [3.8, 4) is 0 Å². The van der Waals surface area contributed by atoms with Gasteiger partial charge in [-0.15, -0.1) is 5.10 Å². The van der Waals surface area contributed by atoms with Gasteiger partial charge >= 0.3 is 0 Å². The lowest BCUT2D eigenvalue weighted by atomic mass is 10.0. The standard InChI is InChI=1S/C26H36N6O3/c1-19-13-32(20(2)17-33)26(34)7-5-11-31-15-23(28-29-31)18-35-25(19)16-30(3)14-21-8-9-22-6-4-10-27-24(22)12-21/h4,6,8-10,12,15,19-20,25,33H,5,7,11,13-14,16-18H2,1-3H3/t19-,20+,25+/m0/s1. The van der Waals surface area contributed by atoms with Gasteiger partial charge in [-0.25, -0.2) is 0 Å². The van der Waals surface area contributed by atoms with Gasteiger partial charge in [0.25, 0.3) is 0 Å². The van der Waals surface area contributed by atoms with Crippen LogP contribution >= 0.6 is 0 Å². The number of hydrogen-bond acceptors (Lipinski definition) is 7. The van der Waals surface area contributed by atoms with Crippen molar-refractivity contribution in [2.75, 3.05) is 26.7 Å². The summed E-state index contributed by atoms with van der Waals surface area (Å²) in [5, 5.41) is 19.3. The van der Waals surface area contributed by atoms with Crippen molar-refractivity contribution in [3.05, 3.63) is 54.0 Å². The Labute approximate surface area is 206 Å². The van der Waals surface area contributed by atoms with Crippen molar-refractivity contribution in [1.29, 1.82) is 0 Å². The number of rotatable bonds is 6. The maximum atomic E-state index is 13.0. The van der Waals surface area contributed by atoms with E-state index in [2.05, 4.69) is 58.4 Å². The van der Waals surface area contributed by atoms with Gasteiger partial charge in [0, 0.05) is 50.1 Å². The molecular weight excluding hydrogens is 444 g/mol. The maximum absolute atomic E-state index is 13.0. The monoisotopic (exact) mass is 480 g/mol. The molecule has 0 fully saturated rings. The van der Waals surface area contributed by atoms with Crippen molar-refractivity contribution in [2.45, 2.75) is 58.5 Å². The van der Waals surface area contributed by atoms with Crippen LogP contribution in [0.2, 0.25) is 0 Å². The van der Waals surface area contributed by atoms with Gasteiger partial charge in [0.2, 0.25) is 5.91 Å². The van der Waals surface area contributed by atoms with Gasteiger partial charge in [0.05, 0.1) is 37.1 Å². The Balaban J connectivity index is 1.50. The molecule has 9 heteroatoms. The second kappa shape index (κ2) is 11.7. The van der Waals surface area contributed by atoms with Gasteiger partial charge in [0.15, 0.2) is 0 Å². The minimum Gasteiger partial charge on any atom is -0.394 e. The van der Waals surface area contributed by atoms with Crippen LogP contribution in [0.5, 0.6) is 0 Å². The molecule has 0 radical (unpaired) electrons. The van der Waals surface area contributed by atoms with Crippen molar-refractivity contribution in [2.24, 2.45) is 5.92 Å². The summed E-state index contributed by atoms with van der Waals surface area (Å²) in [6, 6.07) is 10.1. The Hall–Kier alpha value is -2.88. The molecular formula is C26H36N6O3. The van der Waals surface area contributed by atoms with Crippen LogP contribution in [-0.2, 0) is 29.2 Å². The Kier molecular flexibility index (Phi) is 8.43. The minimum absolute atomic E-state index is 0.0498. The molecule has 0 saturated heterocycles. The maximum Gasteiger partial charge on any atom is 0.222 e. The summed E-state index contributed by atoms with van der Waals surface area (Å²) in [6.45, 7) is 6.90. The molecule has 9 nitrogen and oxygen atoms in total.